The van der Waals surface area contributed by atoms with Crippen LogP contribution in [0.25, 0.3) is 0 Å². The lowest BCUT2D eigenvalue weighted by Crippen LogP contribution is -2.31. The van der Waals surface area contributed by atoms with E-state index in [2.05, 4.69) is 20.8 Å². The molecule has 0 atom stereocenters. The highest BCUT2D eigenvalue weighted by molar-refractivity contribution is 5.98. The number of hydrogen-bond donors (Lipinski definition) is 1. The molecular formula is C18H22N6O4. The number of aromatic nitrogens is 4. The number of carbonyl (C=O) groups excluding carboxylic acids is 3. The van der Waals surface area contributed by atoms with Crippen LogP contribution in [0.15, 0.2) is 24.3 Å². The van der Waals surface area contributed by atoms with Crippen molar-refractivity contribution < 1.29 is 19.1 Å². The fourth-order valence-corrected chi connectivity index (χ4v) is 2.88. The van der Waals surface area contributed by atoms with E-state index in [0.717, 1.165) is 18.5 Å². The second kappa shape index (κ2) is 9.07. The van der Waals surface area contributed by atoms with Gasteiger partial charge in [0.25, 0.3) is 5.91 Å². The van der Waals surface area contributed by atoms with Gasteiger partial charge in [-0.05, 0) is 47.5 Å². The van der Waals surface area contributed by atoms with E-state index in [9.17, 15) is 14.4 Å². The van der Waals surface area contributed by atoms with Crippen LogP contribution < -0.4 is 10.2 Å². The van der Waals surface area contributed by atoms with Crippen molar-refractivity contribution in [2.75, 3.05) is 18.0 Å². The Morgan fingerprint density at radius 1 is 1.25 bits per heavy atom. The second-order valence-electron chi connectivity index (χ2n) is 6.36. The second-order valence-corrected chi connectivity index (χ2v) is 6.36. The maximum Gasteiger partial charge on any atom is 0.325 e. The lowest BCUT2D eigenvalue weighted by atomic mass is 10.2. The van der Waals surface area contributed by atoms with Crippen LogP contribution in [0.5, 0.6) is 0 Å². The summed E-state index contributed by atoms with van der Waals surface area (Å²) in [6.07, 6.45) is 2.25. The van der Waals surface area contributed by atoms with E-state index in [1.165, 1.54) is 0 Å². The molecule has 1 aromatic heterocycles. The quantitative estimate of drug-likeness (QED) is 0.663. The smallest absolute Gasteiger partial charge is 0.325 e. The van der Waals surface area contributed by atoms with Crippen LogP contribution in [0.1, 0.15) is 42.4 Å². The summed E-state index contributed by atoms with van der Waals surface area (Å²) in [4.78, 5) is 37.5. The van der Waals surface area contributed by atoms with Gasteiger partial charge in [0, 0.05) is 30.8 Å². The first kappa shape index (κ1) is 19.5. The Hall–Kier alpha value is -3.30. The van der Waals surface area contributed by atoms with Gasteiger partial charge in [-0.3, -0.25) is 14.4 Å². The minimum Gasteiger partial charge on any atom is -0.456 e. The van der Waals surface area contributed by atoms with Crippen LogP contribution in [0.4, 0.5) is 5.69 Å². The standard InChI is InChI=1S/C18H22N6O4/c1-2-9-24-15(20-21-22-24)12-28-17(26)11-19-18(27)13-5-7-14(8-6-13)23-10-3-4-16(23)25/h5-8H,2-4,9-12H2,1H3,(H,19,27). The number of hydrogen-bond acceptors (Lipinski definition) is 7. The van der Waals surface area contributed by atoms with E-state index in [4.69, 9.17) is 4.74 Å². The molecular weight excluding hydrogens is 364 g/mol. The number of ether oxygens (including phenoxy) is 1. The third kappa shape index (κ3) is 4.70. The molecule has 1 aliphatic rings. The normalized spacial score (nSPS) is 13.6. The molecule has 0 spiro atoms. The summed E-state index contributed by atoms with van der Waals surface area (Å²) in [5.74, 6) is -0.441. The highest BCUT2D eigenvalue weighted by Crippen LogP contribution is 2.21. The first-order valence-electron chi connectivity index (χ1n) is 9.17. The highest BCUT2D eigenvalue weighted by atomic mass is 16.5. The summed E-state index contributed by atoms with van der Waals surface area (Å²) < 4.78 is 6.66. The Bertz CT molecular complexity index is 848. The zero-order valence-corrected chi connectivity index (χ0v) is 15.6. The number of amides is 2. The van der Waals surface area contributed by atoms with Gasteiger partial charge in [-0.1, -0.05) is 6.92 Å². The molecule has 1 saturated heterocycles. The van der Waals surface area contributed by atoms with Crippen LogP contribution in [-0.2, 0) is 27.5 Å². The van der Waals surface area contributed by atoms with Gasteiger partial charge in [0.2, 0.25) is 5.91 Å². The number of aryl methyl sites for hydroxylation is 1. The molecule has 0 saturated carbocycles. The molecule has 1 N–H and O–H groups in total. The van der Waals surface area contributed by atoms with E-state index in [1.807, 2.05) is 6.92 Å². The molecule has 0 aliphatic carbocycles. The van der Waals surface area contributed by atoms with E-state index in [1.54, 1.807) is 33.8 Å². The van der Waals surface area contributed by atoms with Gasteiger partial charge < -0.3 is 15.0 Å². The Morgan fingerprint density at radius 3 is 2.71 bits per heavy atom. The van der Waals surface area contributed by atoms with Gasteiger partial charge in [-0.15, -0.1) is 5.10 Å². The molecule has 0 bridgehead atoms. The fourth-order valence-electron chi connectivity index (χ4n) is 2.88. The average Bonchev–Trinajstić information content (AvgIpc) is 3.33. The maximum absolute atomic E-state index is 12.2. The monoisotopic (exact) mass is 386 g/mol. The first-order chi connectivity index (χ1) is 13.6. The number of esters is 1. The van der Waals surface area contributed by atoms with Gasteiger partial charge in [-0.2, -0.15) is 0 Å². The minimum atomic E-state index is -0.585. The van der Waals surface area contributed by atoms with Crippen molar-refractivity contribution in [2.24, 2.45) is 0 Å². The van der Waals surface area contributed by atoms with Crippen molar-refractivity contribution in [3.8, 4) is 0 Å². The lowest BCUT2D eigenvalue weighted by Gasteiger charge is -2.15. The summed E-state index contributed by atoms with van der Waals surface area (Å²) in [6.45, 7) is 3.00. The number of benzene rings is 1. The molecule has 1 aromatic carbocycles. The molecule has 2 heterocycles. The fraction of sp³-hybridized carbons (Fsp3) is 0.444. The molecule has 10 nitrogen and oxygen atoms in total. The van der Waals surface area contributed by atoms with Gasteiger partial charge >= 0.3 is 5.97 Å². The van der Waals surface area contributed by atoms with Crippen LogP contribution in [0.2, 0.25) is 0 Å². The molecule has 148 valence electrons. The lowest BCUT2D eigenvalue weighted by molar-refractivity contribution is -0.144. The van der Waals surface area contributed by atoms with Crippen molar-refractivity contribution in [3.63, 3.8) is 0 Å². The summed E-state index contributed by atoms with van der Waals surface area (Å²) in [5.41, 5.74) is 1.17. The van der Waals surface area contributed by atoms with Gasteiger partial charge in [0.05, 0.1) is 0 Å². The van der Waals surface area contributed by atoms with Crippen molar-refractivity contribution in [1.82, 2.24) is 25.5 Å². The topological polar surface area (TPSA) is 119 Å². The van der Waals surface area contributed by atoms with E-state index in [0.29, 0.717) is 30.9 Å². The largest absolute Gasteiger partial charge is 0.456 e. The summed E-state index contributed by atoms with van der Waals surface area (Å²) in [7, 11) is 0. The van der Waals surface area contributed by atoms with Gasteiger partial charge in [0.1, 0.15) is 6.54 Å². The van der Waals surface area contributed by atoms with E-state index < -0.39 is 11.9 Å². The number of nitrogens with zero attached hydrogens (tertiary/aromatic N) is 5. The number of nitrogens with one attached hydrogen (secondary N) is 1. The molecule has 2 amide bonds. The van der Waals surface area contributed by atoms with E-state index >= 15 is 0 Å². The molecule has 3 rings (SSSR count). The third-order valence-corrected chi connectivity index (χ3v) is 4.31. The molecule has 1 fully saturated rings. The van der Waals surface area contributed by atoms with Gasteiger partial charge in [-0.25, -0.2) is 4.68 Å². The van der Waals surface area contributed by atoms with Crippen molar-refractivity contribution in [2.45, 2.75) is 39.3 Å². The number of tetrazole rings is 1. The summed E-state index contributed by atoms with van der Waals surface area (Å²) >= 11 is 0. The SMILES string of the molecule is CCCn1nnnc1COC(=O)CNC(=O)c1ccc(N2CCCC2=O)cc1. The van der Waals surface area contributed by atoms with E-state index in [-0.39, 0.29) is 19.1 Å². The number of carbonyl (C=O) groups is 3. The van der Waals surface area contributed by atoms with Crippen molar-refractivity contribution in [1.29, 1.82) is 0 Å². The first-order valence-corrected chi connectivity index (χ1v) is 9.17. The highest BCUT2D eigenvalue weighted by Gasteiger charge is 2.21. The molecule has 0 radical (unpaired) electrons. The van der Waals surface area contributed by atoms with Crippen molar-refractivity contribution >= 4 is 23.5 Å². The Morgan fingerprint density at radius 2 is 2.04 bits per heavy atom. The van der Waals surface area contributed by atoms with Gasteiger partial charge in [0.15, 0.2) is 12.4 Å². The predicted molar refractivity (Wildman–Crippen MR) is 98.3 cm³/mol. The van der Waals surface area contributed by atoms with Crippen LogP contribution in [0, 0.1) is 0 Å². The zero-order chi connectivity index (χ0) is 19.9. The van der Waals surface area contributed by atoms with Crippen LogP contribution >= 0.6 is 0 Å². The average molecular weight is 386 g/mol. The predicted octanol–water partition coefficient (Wildman–Crippen LogP) is 0.683. The Labute approximate surface area is 161 Å². The van der Waals surface area contributed by atoms with Crippen LogP contribution in [0.3, 0.4) is 0 Å². The molecule has 28 heavy (non-hydrogen) atoms. The Balaban J connectivity index is 1.46. The number of rotatable bonds is 8. The zero-order valence-electron chi connectivity index (χ0n) is 15.6. The number of anilines is 1. The Kier molecular flexibility index (Phi) is 6.30. The van der Waals surface area contributed by atoms with Crippen LogP contribution in [-0.4, -0.2) is 51.1 Å². The summed E-state index contributed by atoms with van der Waals surface area (Å²) in [6, 6.07) is 6.70. The maximum atomic E-state index is 12.2. The molecule has 0 unspecified atom stereocenters. The molecule has 10 heteroatoms. The summed E-state index contributed by atoms with van der Waals surface area (Å²) in [5, 5.41) is 13.7. The molecule has 1 aliphatic heterocycles. The third-order valence-electron chi connectivity index (χ3n) is 4.31. The molecule has 2 aromatic rings. The van der Waals surface area contributed by atoms with Crippen molar-refractivity contribution in [3.05, 3.63) is 35.7 Å². The minimum absolute atomic E-state index is 0.0553.